The normalized spacial score (nSPS) is 15.9. The molecule has 2 aromatic carbocycles. The Labute approximate surface area is 403 Å². The molecule has 9 amide bonds. The molecule has 2 atom stereocenters. The van der Waals surface area contributed by atoms with E-state index >= 15 is 0 Å². The molecule has 2 saturated heterocycles. The lowest BCUT2D eigenvalue weighted by molar-refractivity contribution is -0.140. The number of benzene rings is 2. The minimum Gasteiger partial charge on any atom is -0.386 e. The van der Waals surface area contributed by atoms with Gasteiger partial charge in [-0.2, -0.15) is 36.2 Å². The van der Waals surface area contributed by atoms with E-state index in [4.69, 9.17) is 10.7 Å². The van der Waals surface area contributed by atoms with Crippen molar-refractivity contribution in [2.75, 3.05) is 77.9 Å². The summed E-state index contributed by atoms with van der Waals surface area (Å²) in [5, 5.41) is 10.5. The van der Waals surface area contributed by atoms with Crippen molar-refractivity contribution in [3.8, 4) is 0 Å². The minimum atomic E-state index is -0.420. The predicted octanol–water partition coefficient (Wildman–Crippen LogP) is -0.632. The Hall–Kier alpha value is -6.10. The first-order valence-electron chi connectivity index (χ1n) is 19.9. The largest absolute Gasteiger partial charge is 0.386 e. The lowest BCUT2D eigenvalue weighted by atomic mass is 10.2. The molecule has 0 radical (unpaired) electrons. The van der Waals surface area contributed by atoms with Gasteiger partial charge in [-0.1, -0.05) is 17.3 Å². The van der Waals surface area contributed by atoms with Gasteiger partial charge in [0.2, 0.25) is 35.4 Å². The lowest BCUT2D eigenvalue weighted by Crippen LogP contribution is -2.40. The standard InChI is InChI=1S/C16H18FN3O4S.C9H15N3O4S.C8H11N3O4.C7H5FO.CH4S/c1-25-13-8-15(22)20(16(13)23)7-6-18-14(21)10-24-19-9-11-2-4-12(17)5-3-11;1-17-6-4-8(14)12(9(6)15)3-2-11-7(13)5-16-10;9-15-5-6(12)10-3-4-11-7(13)1-2-8(11)14;8-7-3-1-6(5-9)2-4-7;1-2/h2-5,9,13H,6-8,10H2,1H3,(H,18,21);6H,2-5,10H2,1H3,(H,11,13);1-2H,3-5,9H2,(H,10,12);1-5H;2H,1H3/i17-1;;;8-1;. The second-order valence-electron chi connectivity index (χ2n) is 13.2. The molecule has 2 fully saturated rings. The van der Waals surface area contributed by atoms with Crippen molar-refractivity contribution >= 4 is 102 Å². The summed E-state index contributed by atoms with van der Waals surface area (Å²) in [7, 11) is 0. The van der Waals surface area contributed by atoms with Crippen LogP contribution in [0.3, 0.4) is 0 Å². The fourth-order valence-corrected chi connectivity index (χ4v) is 6.58. The number of thioether (sulfide) groups is 2. The Kier molecular flexibility index (Phi) is 30.2. The zero-order valence-corrected chi connectivity index (χ0v) is 39.7. The molecule has 2 aromatic rings. The number of nitrogens with two attached hydrogens (primary N) is 2. The van der Waals surface area contributed by atoms with Gasteiger partial charge in [-0.25, -0.2) is 20.6 Å². The number of amides is 9. The number of nitrogens with one attached hydrogen (secondary N) is 3. The first kappa shape index (κ1) is 59.9. The van der Waals surface area contributed by atoms with Crippen molar-refractivity contribution in [1.29, 1.82) is 0 Å². The Balaban J connectivity index is 0.000000472. The third-order valence-corrected chi connectivity index (χ3v) is 10.5. The lowest BCUT2D eigenvalue weighted by Gasteiger charge is -2.14. The van der Waals surface area contributed by atoms with Crippen molar-refractivity contribution in [2.24, 2.45) is 16.9 Å². The van der Waals surface area contributed by atoms with Crippen LogP contribution in [-0.4, -0.2) is 169 Å². The van der Waals surface area contributed by atoms with Gasteiger partial charge in [0.15, 0.2) is 6.61 Å². The zero-order valence-electron chi connectivity index (χ0n) is 37.1. The van der Waals surface area contributed by atoms with Crippen LogP contribution in [0, 0.1) is 11.6 Å². The van der Waals surface area contributed by atoms with E-state index in [1.54, 1.807) is 18.8 Å². The van der Waals surface area contributed by atoms with Gasteiger partial charge in [-0.3, -0.25) is 72.3 Å². The van der Waals surface area contributed by atoms with Crippen molar-refractivity contribution in [3.05, 3.63) is 83.4 Å². The number of nitrogens with zero attached hydrogens (tertiary/aromatic N) is 4. The number of carbonyl (C=O) groups excluding carboxylic acids is 10. The maximum absolute atomic E-state index is 12.7. The second kappa shape index (κ2) is 34.2. The summed E-state index contributed by atoms with van der Waals surface area (Å²) in [6, 6.07) is 11.0. The van der Waals surface area contributed by atoms with Gasteiger partial charge in [-0.15, -0.1) is 0 Å². The number of hydrogen-bond donors (Lipinski definition) is 6. The topological polar surface area (TPSA) is 309 Å². The van der Waals surface area contributed by atoms with Gasteiger partial charge in [-0.05, 0) is 60.7 Å². The van der Waals surface area contributed by atoms with Crippen LogP contribution in [0.25, 0.3) is 0 Å². The molecule has 5 rings (SSSR count). The summed E-state index contributed by atoms with van der Waals surface area (Å²) >= 11 is 6.23. The Morgan fingerprint density at radius 2 is 1.03 bits per heavy atom. The van der Waals surface area contributed by atoms with Crippen LogP contribution in [-0.2, 0) is 57.7 Å². The van der Waals surface area contributed by atoms with Gasteiger partial charge < -0.3 is 20.8 Å². The molecule has 0 saturated carbocycles. The van der Waals surface area contributed by atoms with E-state index < -0.39 is 11.8 Å². The maximum Gasteiger partial charge on any atom is 0.260 e. The summed E-state index contributed by atoms with van der Waals surface area (Å²) < 4.78 is 24.8. The molecule has 0 aliphatic carbocycles. The number of likely N-dealkylation sites (tertiary alicyclic amines) is 2. The summed E-state index contributed by atoms with van der Waals surface area (Å²) in [5.41, 5.74) is 1.13. The average Bonchev–Trinajstić information content (AvgIpc) is 3.91. The van der Waals surface area contributed by atoms with Gasteiger partial charge in [0.05, 0.1) is 16.7 Å². The van der Waals surface area contributed by atoms with Gasteiger partial charge in [0, 0.05) is 69.8 Å². The first-order chi connectivity index (χ1) is 32.6. The smallest absolute Gasteiger partial charge is 0.260 e. The number of hydrogen-bond acceptors (Lipinski definition) is 19. The summed E-state index contributed by atoms with van der Waals surface area (Å²) in [6.45, 7) is 0.221. The molecule has 27 heteroatoms. The Bertz CT molecular complexity index is 2050. The van der Waals surface area contributed by atoms with Crippen LogP contribution in [0.2, 0.25) is 0 Å². The van der Waals surface area contributed by atoms with E-state index in [-0.39, 0.29) is 135 Å². The number of thiol groups is 1. The number of aldehydes is 1. The molecule has 7 N–H and O–H groups in total. The zero-order chi connectivity index (χ0) is 51.0. The van der Waals surface area contributed by atoms with E-state index in [0.717, 1.165) is 9.80 Å². The monoisotopic (exact) mass is 1010 g/mol. The second-order valence-corrected chi connectivity index (χ2v) is 15.3. The highest BCUT2D eigenvalue weighted by atomic mass is 32.2. The fourth-order valence-electron chi connectivity index (χ4n) is 5.31. The highest BCUT2D eigenvalue weighted by molar-refractivity contribution is 8.00. The summed E-state index contributed by atoms with van der Waals surface area (Å²) in [5.74, 6) is 5.97. The van der Waals surface area contributed by atoms with E-state index in [0.29, 0.717) is 17.4 Å². The molecule has 0 spiro atoms. The average molecular weight is 1010 g/mol. The molecule has 2 unspecified atom stereocenters. The number of oxime groups is 1. The van der Waals surface area contributed by atoms with Crippen molar-refractivity contribution in [2.45, 2.75) is 23.3 Å². The van der Waals surface area contributed by atoms with Crippen LogP contribution >= 0.6 is 36.2 Å². The number of rotatable bonds is 20. The summed E-state index contributed by atoms with van der Waals surface area (Å²) in [6.07, 6.45) is 10.1. The predicted molar refractivity (Wildman–Crippen MR) is 249 cm³/mol. The van der Waals surface area contributed by atoms with E-state index in [1.807, 2.05) is 0 Å². The van der Waals surface area contributed by atoms with Crippen molar-refractivity contribution in [1.82, 2.24) is 30.7 Å². The minimum absolute atomic E-state index is 0.138. The number of carbonyl (C=O) groups is 10. The van der Waals surface area contributed by atoms with E-state index in [9.17, 15) is 56.7 Å². The Morgan fingerprint density at radius 1 is 0.662 bits per heavy atom. The fraction of sp³-hybridized carbons (Fsp3) is 0.390. The van der Waals surface area contributed by atoms with Gasteiger partial charge >= 0.3 is 0 Å². The Morgan fingerprint density at radius 3 is 1.38 bits per heavy atom. The molecule has 22 nitrogen and oxygen atoms in total. The molecular formula is C41H53F2N9O13S3. The SMILES string of the molecule is CS.CSC1CC(=O)N(CCNC(=O)CON)C1=O.CSC1CC(=O)N(CCNC(=O)CON=Cc2ccc([18F])cc2)C1=O.NOCC(=O)NCCN1C(=O)C=CC1=O.O=Cc1ccc([18F])cc1. The van der Waals surface area contributed by atoms with Crippen molar-refractivity contribution < 1.29 is 71.2 Å². The number of imide groups is 3. The van der Waals surface area contributed by atoms with Crippen LogP contribution in [0.1, 0.15) is 28.8 Å². The van der Waals surface area contributed by atoms with Crippen molar-refractivity contribution in [3.63, 3.8) is 0 Å². The molecule has 0 aromatic heterocycles. The van der Waals surface area contributed by atoms with E-state index in [1.165, 1.54) is 95.3 Å². The molecular weight excluding hydrogens is 959 g/mol. The highest BCUT2D eigenvalue weighted by Gasteiger charge is 2.38. The third kappa shape index (κ3) is 22.6. The first-order valence-corrected chi connectivity index (χ1v) is 23.3. The molecule has 68 heavy (non-hydrogen) atoms. The van der Waals surface area contributed by atoms with Gasteiger partial charge in [0.1, 0.15) is 31.1 Å². The third-order valence-electron chi connectivity index (χ3n) is 8.62. The number of halogens is 2. The highest BCUT2D eigenvalue weighted by Crippen LogP contribution is 2.23. The maximum atomic E-state index is 12.7. The molecule has 3 aliphatic heterocycles. The molecule has 3 aliphatic rings. The van der Waals surface area contributed by atoms with Crippen LogP contribution in [0.4, 0.5) is 8.78 Å². The van der Waals surface area contributed by atoms with Gasteiger partial charge in [0.25, 0.3) is 17.7 Å². The molecule has 3 heterocycles. The van der Waals surface area contributed by atoms with Crippen LogP contribution < -0.4 is 27.7 Å². The molecule has 372 valence electrons. The quantitative estimate of drug-likeness (QED) is 0.0316. The molecule has 0 bridgehead atoms. The van der Waals surface area contributed by atoms with Crippen LogP contribution in [0.5, 0.6) is 0 Å². The summed E-state index contributed by atoms with van der Waals surface area (Å²) in [4.78, 5) is 129. The van der Waals surface area contributed by atoms with Crippen LogP contribution in [0.15, 0.2) is 65.8 Å². The van der Waals surface area contributed by atoms with E-state index in [2.05, 4.69) is 49.3 Å².